The van der Waals surface area contributed by atoms with Gasteiger partial charge in [-0.15, -0.1) is 0 Å². The topological polar surface area (TPSA) is 55.4 Å². The van der Waals surface area contributed by atoms with Crippen LogP contribution in [0.1, 0.15) is 150 Å². The molecule has 0 fully saturated rings. The van der Waals surface area contributed by atoms with Crippen molar-refractivity contribution in [1.82, 2.24) is 0 Å². The van der Waals surface area contributed by atoms with Crippen LogP contribution in [0.15, 0.2) is 36.4 Å². The molecule has 0 aliphatic rings. The average molecular weight is 824 g/mol. The van der Waals surface area contributed by atoms with Gasteiger partial charge in [-0.3, -0.25) is 0 Å². The zero-order valence-electron chi connectivity index (χ0n) is 35.0. The minimum absolute atomic E-state index is 0.645. The second-order valence-electron chi connectivity index (χ2n) is 14.9. The molecule has 0 radical (unpaired) electrons. The van der Waals surface area contributed by atoms with Crippen molar-refractivity contribution in [3.8, 4) is 34.5 Å². The summed E-state index contributed by atoms with van der Waals surface area (Å²) < 4.78 is 39.0. The smallest absolute Gasteiger partial charge is 0.161 e. The molecule has 0 heterocycles. The highest BCUT2D eigenvalue weighted by molar-refractivity contribution is 9.09. The molecule has 4 aromatic carbocycles. The maximum Gasteiger partial charge on any atom is 0.161 e. The minimum Gasteiger partial charge on any atom is -0.490 e. The summed E-state index contributed by atoms with van der Waals surface area (Å²) in [4.78, 5) is 0. The van der Waals surface area contributed by atoms with Crippen molar-refractivity contribution in [1.29, 1.82) is 0 Å². The van der Waals surface area contributed by atoms with Gasteiger partial charge in [0, 0.05) is 5.33 Å². The Morgan fingerprint density at radius 1 is 0.291 bits per heavy atom. The van der Waals surface area contributed by atoms with Crippen molar-refractivity contribution in [2.45, 2.75) is 150 Å². The molecule has 4 rings (SSSR count). The molecular formula is C48H71BrO6. The van der Waals surface area contributed by atoms with Gasteiger partial charge in [-0.05, 0) is 114 Å². The molecule has 6 nitrogen and oxygen atoms in total. The van der Waals surface area contributed by atoms with E-state index in [0.29, 0.717) is 39.6 Å². The average Bonchev–Trinajstić information content (AvgIpc) is 3.19. The van der Waals surface area contributed by atoms with E-state index in [1.807, 2.05) is 0 Å². The number of hydrogen-bond acceptors (Lipinski definition) is 6. The third kappa shape index (κ3) is 13.8. The lowest BCUT2D eigenvalue weighted by atomic mass is 9.93. The number of halogens is 1. The fourth-order valence-electron chi connectivity index (χ4n) is 6.77. The lowest BCUT2D eigenvalue weighted by molar-refractivity contribution is 0.260. The molecular weight excluding hydrogens is 752 g/mol. The zero-order valence-corrected chi connectivity index (χ0v) is 36.6. The number of alkyl halides is 1. The summed E-state index contributed by atoms with van der Waals surface area (Å²) in [6.07, 6.45) is 20.2. The summed E-state index contributed by atoms with van der Waals surface area (Å²) in [5, 5.41) is 7.70. The molecule has 0 N–H and O–H groups in total. The highest BCUT2D eigenvalue weighted by Gasteiger charge is 2.20. The van der Waals surface area contributed by atoms with Crippen LogP contribution in [0.25, 0.3) is 32.3 Å². The summed E-state index contributed by atoms with van der Waals surface area (Å²) in [6.45, 7) is 14.9. The van der Waals surface area contributed by atoms with Gasteiger partial charge >= 0.3 is 0 Å². The Labute approximate surface area is 341 Å². The molecule has 0 aromatic heterocycles. The second-order valence-corrected chi connectivity index (χ2v) is 15.7. The number of ether oxygens (including phenoxy) is 6. The van der Waals surface area contributed by atoms with E-state index in [2.05, 4.69) is 86.9 Å². The van der Waals surface area contributed by atoms with Crippen LogP contribution in [0.2, 0.25) is 0 Å². The maximum absolute atomic E-state index is 6.63. The van der Waals surface area contributed by atoms with Gasteiger partial charge in [-0.1, -0.05) is 121 Å². The van der Waals surface area contributed by atoms with E-state index in [-0.39, 0.29) is 0 Å². The predicted molar refractivity (Wildman–Crippen MR) is 237 cm³/mol. The normalized spacial score (nSPS) is 11.5. The second kappa shape index (κ2) is 26.0. The molecule has 0 amide bonds. The van der Waals surface area contributed by atoms with Crippen molar-refractivity contribution in [3.63, 3.8) is 0 Å². The molecule has 55 heavy (non-hydrogen) atoms. The van der Waals surface area contributed by atoms with Crippen LogP contribution in [-0.4, -0.2) is 45.0 Å². The molecule has 0 spiro atoms. The lowest BCUT2D eigenvalue weighted by Crippen LogP contribution is -2.04. The largest absolute Gasteiger partial charge is 0.490 e. The quantitative estimate of drug-likeness (QED) is 0.0286. The van der Waals surface area contributed by atoms with Gasteiger partial charge in [0.05, 0.1) is 39.6 Å². The van der Waals surface area contributed by atoms with Crippen molar-refractivity contribution in [3.05, 3.63) is 36.4 Å². The van der Waals surface area contributed by atoms with E-state index in [0.717, 1.165) is 143 Å². The fraction of sp³-hybridized carbons (Fsp3) is 0.625. The monoisotopic (exact) mass is 822 g/mol. The first-order valence-corrected chi connectivity index (χ1v) is 23.1. The van der Waals surface area contributed by atoms with E-state index in [4.69, 9.17) is 28.4 Å². The predicted octanol–water partition coefficient (Wildman–Crippen LogP) is 14.9. The summed E-state index contributed by atoms with van der Waals surface area (Å²) in [5.74, 6) is 4.74. The maximum atomic E-state index is 6.63. The van der Waals surface area contributed by atoms with Crippen LogP contribution in [0.4, 0.5) is 0 Å². The summed E-state index contributed by atoms with van der Waals surface area (Å²) in [6, 6.07) is 13.2. The Bertz CT molecular complexity index is 1640. The fourth-order valence-corrected chi connectivity index (χ4v) is 7.16. The van der Waals surface area contributed by atoms with E-state index < -0.39 is 0 Å². The third-order valence-corrected chi connectivity index (χ3v) is 10.7. The SMILES string of the molecule is CCCCOc1cc2c3cc(OCCCC)c(OCCCC)cc3c3cc(OCCCCCCCCCCBr)c(OCCCC)cc3c2cc1OCCCC. The van der Waals surface area contributed by atoms with Gasteiger partial charge in [0.2, 0.25) is 0 Å². The van der Waals surface area contributed by atoms with Crippen LogP contribution < -0.4 is 28.4 Å². The van der Waals surface area contributed by atoms with Crippen molar-refractivity contribution < 1.29 is 28.4 Å². The Morgan fingerprint density at radius 3 is 0.709 bits per heavy atom. The molecule has 0 saturated carbocycles. The van der Waals surface area contributed by atoms with E-state index in [9.17, 15) is 0 Å². The number of fused-ring (bicyclic) bond motifs is 6. The molecule has 0 aliphatic heterocycles. The van der Waals surface area contributed by atoms with Crippen molar-refractivity contribution in [2.24, 2.45) is 0 Å². The van der Waals surface area contributed by atoms with Crippen LogP contribution in [0, 0.1) is 0 Å². The van der Waals surface area contributed by atoms with Crippen molar-refractivity contribution >= 4 is 48.2 Å². The summed E-state index contributed by atoms with van der Waals surface area (Å²) in [7, 11) is 0. The van der Waals surface area contributed by atoms with E-state index in [1.165, 1.54) is 44.9 Å². The Balaban J connectivity index is 1.86. The Hall–Kier alpha value is -3.06. The lowest BCUT2D eigenvalue weighted by Gasteiger charge is -2.20. The molecule has 0 bridgehead atoms. The zero-order chi connectivity index (χ0) is 39.1. The van der Waals surface area contributed by atoms with Gasteiger partial charge in [0.1, 0.15) is 0 Å². The van der Waals surface area contributed by atoms with Gasteiger partial charge in [-0.2, -0.15) is 0 Å². The third-order valence-electron chi connectivity index (χ3n) is 10.2. The highest BCUT2D eigenvalue weighted by Crippen LogP contribution is 2.47. The van der Waals surface area contributed by atoms with Crippen LogP contribution in [-0.2, 0) is 0 Å². The summed E-state index contributed by atoms with van der Waals surface area (Å²) in [5.41, 5.74) is 0. The van der Waals surface area contributed by atoms with Crippen LogP contribution >= 0.6 is 15.9 Å². The standard InChI is InChI=1S/C48H71BrO6/c1-6-11-25-50-43-31-37-38-32-44(51-26-12-7-2)46(53-28-14-9-4)34-40(38)42-36-48(55-30-23-21-19-17-16-18-20-22-24-49)47(54-29-15-10-5)35-41(42)39(37)33-45(43)52-27-13-8-3/h31-36H,6-30H2,1-5H3. The molecule has 4 aromatic rings. The van der Waals surface area contributed by atoms with E-state index in [1.54, 1.807) is 0 Å². The molecule has 7 heteroatoms. The first-order chi connectivity index (χ1) is 27.1. The van der Waals surface area contributed by atoms with Gasteiger partial charge in [-0.25, -0.2) is 0 Å². The van der Waals surface area contributed by atoms with Gasteiger partial charge in [0.15, 0.2) is 34.5 Å². The van der Waals surface area contributed by atoms with E-state index >= 15 is 0 Å². The number of rotatable bonds is 31. The number of unbranched alkanes of at least 4 members (excludes halogenated alkanes) is 12. The number of benzene rings is 4. The first kappa shape index (κ1) is 44.7. The molecule has 0 aliphatic carbocycles. The minimum atomic E-state index is 0.645. The molecule has 0 atom stereocenters. The summed E-state index contributed by atoms with van der Waals surface area (Å²) >= 11 is 3.55. The Kier molecular flexibility index (Phi) is 21.1. The van der Waals surface area contributed by atoms with Gasteiger partial charge in [0.25, 0.3) is 0 Å². The first-order valence-electron chi connectivity index (χ1n) is 22.0. The molecule has 0 unspecified atom stereocenters. The Morgan fingerprint density at radius 2 is 0.491 bits per heavy atom. The molecule has 0 saturated heterocycles. The van der Waals surface area contributed by atoms with Crippen LogP contribution in [0.5, 0.6) is 34.5 Å². The highest BCUT2D eigenvalue weighted by atomic mass is 79.9. The van der Waals surface area contributed by atoms with Crippen molar-refractivity contribution in [2.75, 3.05) is 45.0 Å². The number of hydrogen-bond donors (Lipinski definition) is 0. The molecule has 306 valence electrons. The van der Waals surface area contributed by atoms with Gasteiger partial charge < -0.3 is 28.4 Å². The van der Waals surface area contributed by atoms with Crippen LogP contribution in [0.3, 0.4) is 0 Å².